The highest BCUT2D eigenvalue weighted by molar-refractivity contribution is 5.82. The minimum absolute atomic E-state index is 0.0747. The third-order valence-corrected chi connectivity index (χ3v) is 9.95. The second kappa shape index (κ2) is 9.07. The maximum atomic E-state index is 7.01. The van der Waals surface area contributed by atoms with Crippen LogP contribution in [-0.4, -0.2) is 28.5 Å². The maximum absolute atomic E-state index is 7.01. The number of aromatic nitrogens is 2. The molecule has 210 valence electrons. The van der Waals surface area contributed by atoms with Gasteiger partial charge in [0.05, 0.1) is 11.8 Å². The molecule has 0 saturated carbocycles. The van der Waals surface area contributed by atoms with Crippen LogP contribution in [0.25, 0.3) is 22.1 Å². The largest absolute Gasteiger partial charge is 0.493 e. The third-order valence-electron chi connectivity index (χ3n) is 9.95. The van der Waals surface area contributed by atoms with Gasteiger partial charge in [-0.1, -0.05) is 65.9 Å². The minimum atomic E-state index is -0.872. The number of hydrogen-bond acceptors (Lipinski definition) is 7. The van der Waals surface area contributed by atoms with E-state index in [4.69, 9.17) is 28.6 Å². The van der Waals surface area contributed by atoms with Crippen molar-refractivity contribution in [3.63, 3.8) is 0 Å². The van der Waals surface area contributed by atoms with E-state index in [1.54, 1.807) is 0 Å². The maximum Gasteiger partial charge on any atom is 0.206 e. The molecular weight excluding hydrogens is 526 g/mol. The van der Waals surface area contributed by atoms with Crippen LogP contribution in [-0.2, 0) is 20.3 Å². The quantitative estimate of drug-likeness (QED) is 0.273. The van der Waals surface area contributed by atoms with E-state index in [0.29, 0.717) is 11.8 Å². The summed E-state index contributed by atoms with van der Waals surface area (Å²) in [7, 11) is 0. The first-order valence-corrected chi connectivity index (χ1v) is 15.0. The molecule has 0 radical (unpaired) electrons. The molecule has 6 unspecified atom stereocenters. The van der Waals surface area contributed by atoms with Crippen LogP contribution in [0.1, 0.15) is 43.7 Å². The molecule has 0 bridgehead atoms. The van der Waals surface area contributed by atoms with E-state index in [-0.39, 0.29) is 12.1 Å². The molecule has 7 heteroatoms. The van der Waals surface area contributed by atoms with Crippen molar-refractivity contribution in [3.8, 4) is 0 Å². The van der Waals surface area contributed by atoms with Crippen LogP contribution in [0.5, 0.6) is 0 Å². The minimum Gasteiger partial charge on any atom is -0.493 e. The SMILES string of the molecule is C1=CCC2CC(C3(c4nc5ccccc5o4)CCC=CC3(c3noc4ccccc34)C3NC4CC=CC=C4O3)OC2=C1. The molecule has 0 amide bonds. The second-order valence-corrected chi connectivity index (χ2v) is 12.0. The first kappa shape index (κ1) is 24.3. The summed E-state index contributed by atoms with van der Waals surface area (Å²) < 4.78 is 26.8. The standard InChI is InChI=1S/C35H31N3O4/c1-5-15-26-22(11-1)21-30(39-26)34(32-36-24-13-3-7-17-28(24)40-32)19-9-10-20-35(34,31-23-12-2-6-16-27(23)42-38-31)33-37-25-14-4-8-18-29(25)41-33/h1-8,10,12-13,15-18,20,22,25,30,33,37H,9,11,14,19,21H2. The molecule has 0 spiro atoms. The number of hydrogen-bond donors (Lipinski definition) is 1. The first-order chi connectivity index (χ1) is 20.8. The van der Waals surface area contributed by atoms with Gasteiger partial charge >= 0.3 is 0 Å². The number of oxazole rings is 1. The lowest BCUT2D eigenvalue weighted by Gasteiger charge is -2.52. The molecule has 42 heavy (non-hydrogen) atoms. The molecule has 2 saturated heterocycles. The summed E-state index contributed by atoms with van der Waals surface area (Å²) in [4.78, 5) is 5.23. The van der Waals surface area contributed by atoms with Crippen LogP contribution in [0.3, 0.4) is 0 Å². The van der Waals surface area contributed by atoms with Gasteiger partial charge in [-0.2, -0.15) is 0 Å². The van der Waals surface area contributed by atoms with Gasteiger partial charge in [0.1, 0.15) is 33.9 Å². The molecule has 2 aromatic heterocycles. The summed E-state index contributed by atoms with van der Waals surface area (Å²) in [5.41, 5.74) is 1.50. The van der Waals surface area contributed by atoms with E-state index in [0.717, 1.165) is 71.4 Å². The van der Waals surface area contributed by atoms with E-state index in [2.05, 4.69) is 60.0 Å². The fraction of sp³-hybridized carbons (Fsp3) is 0.314. The molecule has 1 N–H and O–H groups in total. The van der Waals surface area contributed by atoms with Crippen LogP contribution in [0.4, 0.5) is 0 Å². The highest BCUT2D eigenvalue weighted by Crippen LogP contribution is 2.61. The highest BCUT2D eigenvalue weighted by atomic mass is 16.5. The number of fused-ring (bicyclic) bond motifs is 4. The Balaban J connectivity index is 1.34. The smallest absolute Gasteiger partial charge is 0.206 e. The summed E-state index contributed by atoms with van der Waals surface area (Å²) in [5.74, 6) is 2.94. The molecule has 2 aromatic carbocycles. The van der Waals surface area contributed by atoms with E-state index in [1.165, 1.54) is 0 Å². The van der Waals surface area contributed by atoms with E-state index < -0.39 is 17.1 Å². The zero-order chi connectivity index (χ0) is 27.7. The first-order valence-electron chi connectivity index (χ1n) is 15.0. The van der Waals surface area contributed by atoms with Crippen LogP contribution >= 0.6 is 0 Å². The highest BCUT2D eigenvalue weighted by Gasteiger charge is 2.69. The third kappa shape index (κ3) is 3.25. The normalized spacial score (nSPS) is 33.2. The van der Waals surface area contributed by atoms with Crippen molar-refractivity contribution in [2.24, 2.45) is 5.92 Å². The van der Waals surface area contributed by atoms with Gasteiger partial charge in [-0.25, -0.2) is 4.98 Å². The van der Waals surface area contributed by atoms with Crippen molar-refractivity contribution >= 4 is 22.1 Å². The van der Waals surface area contributed by atoms with Crippen molar-refractivity contribution in [1.82, 2.24) is 15.5 Å². The van der Waals surface area contributed by atoms with Gasteiger partial charge < -0.3 is 18.4 Å². The number of nitrogens with one attached hydrogen (secondary N) is 1. The predicted octanol–water partition coefficient (Wildman–Crippen LogP) is 6.90. The Morgan fingerprint density at radius 3 is 2.57 bits per heavy atom. The van der Waals surface area contributed by atoms with E-state index in [1.807, 2.05) is 42.5 Å². The van der Waals surface area contributed by atoms with Crippen molar-refractivity contribution in [3.05, 3.63) is 120 Å². The monoisotopic (exact) mass is 557 g/mol. The summed E-state index contributed by atoms with van der Waals surface area (Å²) in [6.45, 7) is 0. The molecule has 6 atom stereocenters. The topological polar surface area (TPSA) is 82.6 Å². The fourth-order valence-corrected chi connectivity index (χ4v) is 8.00. The average Bonchev–Trinajstić information content (AvgIpc) is 3.84. The predicted molar refractivity (Wildman–Crippen MR) is 158 cm³/mol. The molecule has 3 aliphatic carbocycles. The number of allylic oxidation sites excluding steroid dienone is 7. The van der Waals surface area contributed by atoms with Gasteiger partial charge in [0.15, 0.2) is 17.4 Å². The Hall–Kier alpha value is -4.36. The lowest BCUT2D eigenvalue weighted by molar-refractivity contribution is -0.0466. The Kier molecular flexibility index (Phi) is 5.24. The Morgan fingerprint density at radius 1 is 0.857 bits per heavy atom. The molecule has 2 aliphatic heterocycles. The summed E-state index contributed by atoms with van der Waals surface area (Å²) >= 11 is 0. The zero-order valence-corrected chi connectivity index (χ0v) is 23.1. The average molecular weight is 558 g/mol. The van der Waals surface area contributed by atoms with E-state index in [9.17, 15) is 0 Å². The van der Waals surface area contributed by atoms with Crippen LogP contribution in [0, 0.1) is 5.92 Å². The molecular formula is C35H31N3O4. The van der Waals surface area contributed by atoms with Crippen molar-refractivity contribution < 1.29 is 18.4 Å². The number of ether oxygens (including phenoxy) is 2. The number of nitrogens with zero attached hydrogens (tertiary/aromatic N) is 2. The Bertz CT molecular complexity index is 1830. The van der Waals surface area contributed by atoms with E-state index >= 15 is 0 Å². The van der Waals surface area contributed by atoms with Crippen molar-refractivity contribution in [1.29, 1.82) is 0 Å². The number of rotatable bonds is 4. The molecule has 5 aliphatic rings. The van der Waals surface area contributed by atoms with Gasteiger partial charge in [-0.05, 0) is 68.5 Å². The molecule has 4 heterocycles. The van der Waals surface area contributed by atoms with Crippen LogP contribution in [0.2, 0.25) is 0 Å². The number of para-hydroxylation sites is 3. The van der Waals surface area contributed by atoms with Gasteiger partial charge in [-0.15, -0.1) is 0 Å². The molecule has 4 aromatic rings. The molecule has 9 rings (SSSR count). The fourth-order valence-electron chi connectivity index (χ4n) is 8.00. The lowest BCUT2D eigenvalue weighted by atomic mass is 9.52. The Labute approximate surface area is 243 Å². The van der Waals surface area contributed by atoms with Gasteiger partial charge in [0.2, 0.25) is 5.89 Å². The summed E-state index contributed by atoms with van der Waals surface area (Å²) in [6.07, 6.45) is 20.9. The Morgan fingerprint density at radius 2 is 1.69 bits per heavy atom. The van der Waals surface area contributed by atoms with Gasteiger partial charge in [-0.3, -0.25) is 5.32 Å². The van der Waals surface area contributed by atoms with Crippen molar-refractivity contribution in [2.75, 3.05) is 0 Å². The van der Waals surface area contributed by atoms with Crippen LogP contribution in [0.15, 0.2) is 118 Å². The molecule has 2 fully saturated rings. The van der Waals surface area contributed by atoms with Crippen molar-refractivity contribution in [2.45, 2.75) is 61.3 Å². The van der Waals surface area contributed by atoms with Gasteiger partial charge in [0.25, 0.3) is 0 Å². The van der Waals surface area contributed by atoms with Crippen LogP contribution < -0.4 is 5.32 Å². The lowest BCUT2D eigenvalue weighted by Crippen LogP contribution is -2.65. The van der Waals surface area contributed by atoms with Gasteiger partial charge in [0, 0.05) is 11.3 Å². The second-order valence-electron chi connectivity index (χ2n) is 12.0. The summed E-state index contributed by atoms with van der Waals surface area (Å²) in [5, 5.41) is 9.68. The number of benzene rings is 2. The molecule has 7 nitrogen and oxygen atoms in total. The summed E-state index contributed by atoms with van der Waals surface area (Å²) in [6, 6.07) is 16.2. The zero-order valence-electron chi connectivity index (χ0n) is 23.1.